The van der Waals surface area contributed by atoms with E-state index in [2.05, 4.69) is 15.0 Å². The number of pyridine rings is 1. The smallest absolute Gasteiger partial charge is 0.223 e. The Morgan fingerprint density at radius 1 is 1.33 bits per heavy atom. The molecule has 0 radical (unpaired) electrons. The Balaban J connectivity index is 2.47. The first-order valence-electron chi connectivity index (χ1n) is 4.85. The van der Waals surface area contributed by atoms with Gasteiger partial charge in [-0.2, -0.15) is 0 Å². The van der Waals surface area contributed by atoms with Crippen molar-refractivity contribution in [3.05, 3.63) is 11.5 Å². The predicted molar refractivity (Wildman–Crippen MR) is 68.9 cm³/mol. The van der Waals surface area contributed by atoms with Crippen molar-refractivity contribution >= 4 is 43.1 Å². The van der Waals surface area contributed by atoms with Crippen LogP contribution in [0.5, 0.6) is 0 Å². The number of aromatic nitrogens is 4. The molecule has 0 N–H and O–H groups in total. The van der Waals surface area contributed by atoms with Gasteiger partial charge in [0.05, 0.1) is 0 Å². The molecule has 0 aliphatic carbocycles. The van der Waals surface area contributed by atoms with Gasteiger partial charge in [-0.15, -0.1) is 0 Å². The quantitative estimate of drug-likeness (QED) is 0.682. The number of hydrogen-bond acceptors (Lipinski definition) is 6. The van der Waals surface area contributed by atoms with Crippen LogP contribution >= 0.6 is 22.9 Å². The summed E-state index contributed by atoms with van der Waals surface area (Å²) < 4.78 is 25.5. The fourth-order valence-corrected chi connectivity index (χ4v) is 3.79. The molecule has 0 fully saturated rings. The van der Waals surface area contributed by atoms with Crippen LogP contribution in [0, 0.1) is 0 Å². The van der Waals surface area contributed by atoms with Gasteiger partial charge in [-0.25, -0.2) is 23.4 Å². The lowest BCUT2D eigenvalue weighted by Crippen LogP contribution is -1.98. The Kier molecular flexibility index (Phi) is 2.38. The van der Waals surface area contributed by atoms with Gasteiger partial charge in [0.1, 0.15) is 16.1 Å². The summed E-state index contributed by atoms with van der Waals surface area (Å²) in [4.78, 5) is 12.3. The van der Waals surface area contributed by atoms with Crippen molar-refractivity contribution in [2.45, 2.75) is 4.34 Å². The highest BCUT2D eigenvalue weighted by molar-refractivity contribution is 7.92. The van der Waals surface area contributed by atoms with E-state index >= 15 is 0 Å². The number of hydrogen-bond donors (Lipinski definition) is 0. The molecule has 0 atom stereocenters. The van der Waals surface area contributed by atoms with Gasteiger partial charge in [-0.3, -0.25) is 0 Å². The number of imidazole rings is 1. The molecule has 2 aliphatic heterocycles. The first-order valence-corrected chi connectivity index (χ1v) is 7.94. The van der Waals surface area contributed by atoms with Crippen LogP contribution in [0.2, 0.25) is 5.28 Å². The third kappa shape index (κ3) is 1.68. The molecule has 1 aromatic rings. The monoisotopic (exact) mass is 302 g/mol. The summed E-state index contributed by atoms with van der Waals surface area (Å²) in [5.74, 6) is 0. The third-order valence-corrected chi connectivity index (χ3v) is 5.33. The maximum Gasteiger partial charge on any atom is 0.223 e. The van der Waals surface area contributed by atoms with Gasteiger partial charge in [0.15, 0.2) is 5.65 Å². The molecule has 0 spiro atoms. The minimum Gasteiger partial charge on any atom is -0.333 e. The van der Waals surface area contributed by atoms with Gasteiger partial charge >= 0.3 is 0 Å². The highest BCUT2D eigenvalue weighted by atomic mass is 35.5. The molecule has 6 nitrogen and oxygen atoms in total. The molecule has 0 unspecified atom stereocenters. The topological polar surface area (TPSA) is 77.7 Å². The van der Waals surface area contributed by atoms with E-state index in [-0.39, 0.29) is 9.62 Å². The van der Waals surface area contributed by atoms with E-state index in [1.807, 2.05) is 0 Å². The molecular formula is C9H7ClN4O2S2. The molecular weight excluding hydrogens is 296 g/mol. The van der Waals surface area contributed by atoms with E-state index in [1.165, 1.54) is 0 Å². The average molecular weight is 303 g/mol. The molecule has 0 aromatic carbocycles. The molecule has 3 rings (SSSR count). The Labute approximate surface area is 112 Å². The second-order valence-electron chi connectivity index (χ2n) is 3.87. The van der Waals surface area contributed by atoms with Crippen LogP contribution < -0.4 is 0 Å². The number of fused-ring (bicyclic) bond motifs is 3. The summed E-state index contributed by atoms with van der Waals surface area (Å²) in [5.41, 5.74) is 1.77. The Morgan fingerprint density at radius 2 is 2.06 bits per heavy atom. The van der Waals surface area contributed by atoms with Crippen LogP contribution in [0.1, 0.15) is 0 Å². The van der Waals surface area contributed by atoms with E-state index in [0.717, 1.165) is 17.6 Å². The Hall–Kier alpha value is -1.25. The van der Waals surface area contributed by atoms with Crippen LogP contribution in [-0.2, 0) is 16.9 Å². The number of sulfone groups is 1. The standard InChI is InChI=1S/C9H7ClN4O2S2/c1-14-3-4-5(12-8(10)11-4)6-7(14)13-9(17-6)18(2,15)16/h3H,1-2H3. The second-order valence-corrected chi connectivity index (χ2v) is 7.40. The number of halogens is 1. The summed E-state index contributed by atoms with van der Waals surface area (Å²) in [7, 11) is -1.56. The van der Waals surface area contributed by atoms with Crippen LogP contribution in [0.4, 0.5) is 0 Å². The maximum absolute atomic E-state index is 11.5. The van der Waals surface area contributed by atoms with Crippen LogP contribution in [0.3, 0.4) is 0 Å². The number of nitrogens with zero attached hydrogens (tertiary/aromatic N) is 4. The zero-order chi connectivity index (χ0) is 13.1. The SMILES string of the molecule is Cn1cc2nc(Cl)nc-2c2sc(S(C)(=O)=O)nc21. The predicted octanol–water partition coefficient (Wildman–Crippen LogP) is 1.59. The van der Waals surface area contributed by atoms with E-state index < -0.39 is 9.84 Å². The van der Waals surface area contributed by atoms with E-state index in [4.69, 9.17) is 11.6 Å². The van der Waals surface area contributed by atoms with Crippen molar-refractivity contribution in [3.8, 4) is 11.4 Å². The van der Waals surface area contributed by atoms with Gasteiger partial charge in [0, 0.05) is 19.5 Å². The molecule has 9 heteroatoms. The van der Waals surface area contributed by atoms with Crippen molar-refractivity contribution in [2.75, 3.05) is 6.26 Å². The number of rotatable bonds is 1. The van der Waals surface area contributed by atoms with Gasteiger partial charge in [-0.05, 0) is 11.6 Å². The van der Waals surface area contributed by atoms with Crippen LogP contribution in [0.15, 0.2) is 10.5 Å². The number of aryl methyl sites for hydroxylation is 1. The van der Waals surface area contributed by atoms with Crippen LogP contribution in [-0.4, -0.2) is 34.2 Å². The summed E-state index contributed by atoms with van der Waals surface area (Å²) in [6, 6.07) is 0. The Bertz CT molecular complexity index is 836. The van der Waals surface area contributed by atoms with Crippen molar-refractivity contribution in [2.24, 2.45) is 7.05 Å². The molecule has 3 heterocycles. The minimum absolute atomic E-state index is 0.0692. The van der Waals surface area contributed by atoms with Crippen molar-refractivity contribution in [1.29, 1.82) is 0 Å². The molecule has 0 saturated carbocycles. The summed E-state index contributed by atoms with van der Waals surface area (Å²) in [6.45, 7) is 0. The highest BCUT2D eigenvalue weighted by Crippen LogP contribution is 2.34. The van der Waals surface area contributed by atoms with Crippen molar-refractivity contribution < 1.29 is 8.42 Å². The molecule has 0 bridgehead atoms. The summed E-state index contributed by atoms with van der Waals surface area (Å²) >= 11 is 6.85. The minimum atomic E-state index is -3.33. The lowest BCUT2D eigenvalue weighted by Gasteiger charge is -2.02. The second kappa shape index (κ2) is 3.62. The molecule has 0 amide bonds. The molecule has 1 aromatic heterocycles. The summed E-state index contributed by atoms with van der Waals surface area (Å²) in [6.07, 6.45) is 2.86. The lowest BCUT2D eigenvalue weighted by molar-refractivity contribution is 0.601. The third-order valence-electron chi connectivity index (χ3n) is 2.43. The van der Waals surface area contributed by atoms with Gasteiger partial charge in [0.25, 0.3) is 0 Å². The maximum atomic E-state index is 11.5. The molecule has 0 saturated heterocycles. The zero-order valence-electron chi connectivity index (χ0n) is 9.38. The Morgan fingerprint density at radius 3 is 2.72 bits per heavy atom. The van der Waals surface area contributed by atoms with Gasteiger partial charge < -0.3 is 4.57 Å². The van der Waals surface area contributed by atoms with E-state index in [1.54, 1.807) is 17.8 Å². The van der Waals surface area contributed by atoms with Crippen molar-refractivity contribution in [3.63, 3.8) is 0 Å². The fraction of sp³-hybridized carbons (Fsp3) is 0.222. The first kappa shape index (κ1) is 11.8. The van der Waals surface area contributed by atoms with E-state index in [0.29, 0.717) is 21.7 Å². The van der Waals surface area contributed by atoms with E-state index in [9.17, 15) is 8.42 Å². The van der Waals surface area contributed by atoms with Gasteiger partial charge in [0.2, 0.25) is 19.5 Å². The number of thiazole rings is 1. The molecule has 18 heavy (non-hydrogen) atoms. The van der Waals surface area contributed by atoms with Crippen molar-refractivity contribution in [1.82, 2.24) is 19.5 Å². The molecule has 2 aliphatic rings. The summed E-state index contributed by atoms with van der Waals surface area (Å²) in [5, 5.41) is 0.145. The largest absolute Gasteiger partial charge is 0.333 e. The zero-order valence-corrected chi connectivity index (χ0v) is 11.8. The fourth-order valence-electron chi connectivity index (χ4n) is 1.67. The first-order chi connectivity index (χ1) is 8.36. The highest BCUT2D eigenvalue weighted by Gasteiger charge is 2.22. The van der Waals surface area contributed by atoms with Gasteiger partial charge in [-0.1, -0.05) is 11.3 Å². The molecule has 94 valence electrons. The normalized spacial score (nSPS) is 12.6. The lowest BCUT2D eigenvalue weighted by atomic mass is 10.3. The van der Waals surface area contributed by atoms with Crippen LogP contribution in [0.25, 0.3) is 21.7 Å². The average Bonchev–Trinajstić information content (AvgIpc) is 2.79.